The van der Waals surface area contributed by atoms with E-state index in [9.17, 15) is 4.79 Å². The number of rotatable bonds is 6. The molecule has 3 aromatic rings. The Kier molecular flexibility index (Phi) is 6.52. The summed E-state index contributed by atoms with van der Waals surface area (Å²) in [5, 5.41) is 8.94. The Morgan fingerprint density at radius 3 is 2.69 bits per heavy atom. The lowest BCUT2D eigenvalue weighted by Gasteiger charge is -2.23. The van der Waals surface area contributed by atoms with Gasteiger partial charge in [0.25, 0.3) is 5.91 Å². The van der Waals surface area contributed by atoms with Crippen LogP contribution in [0.2, 0.25) is 0 Å². The van der Waals surface area contributed by atoms with Gasteiger partial charge in [-0.3, -0.25) is 9.48 Å². The molecule has 8 heteroatoms. The number of thioether (sulfide) groups is 2. The Balaban J connectivity index is 1.64. The average Bonchev–Trinajstić information content (AvgIpc) is 3.53. The smallest absolute Gasteiger partial charge is 0.263 e. The Hall–Kier alpha value is -2.29. The van der Waals surface area contributed by atoms with E-state index < -0.39 is 0 Å². The third-order valence-corrected chi connectivity index (χ3v) is 7.99. The van der Waals surface area contributed by atoms with Crippen molar-refractivity contribution >= 4 is 52.0 Å². The molecule has 1 saturated carbocycles. The number of furan rings is 1. The van der Waals surface area contributed by atoms with E-state index in [0.717, 1.165) is 40.4 Å². The van der Waals surface area contributed by atoms with Gasteiger partial charge in [-0.05, 0) is 31.1 Å². The molecule has 0 atom stereocenters. The van der Waals surface area contributed by atoms with Gasteiger partial charge in [0.1, 0.15) is 20.8 Å². The number of aromatic nitrogens is 2. The van der Waals surface area contributed by atoms with Crippen LogP contribution in [0.1, 0.15) is 49.5 Å². The molecule has 1 aliphatic carbocycles. The zero-order valence-corrected chi connectivity index (χ0v) is 19.9. The molecule has 5 nitrogen and oxygen atoms in total. The van der Waals surface area contributed by atoms with Crippen LogP contribution in [0.15, 0.2) is 63.1 Å². The highest BCUT2D eigenvalue weighted by Crippen LogP contribution is 2.41. The monoisotopic (exact) mass is 481 g/mol. The molecule has 0 unspecified atom stereocenters. The number of amides is 1. The Labute approximate surface area is 201 Å². The van der Waals surface area contributed by atoms with E-state index in [4.69, 9.17) is 21.7 Å². The van der Waals surface area contributed by atoms with Crippen LogP contribution >= 0.6 is 35.7 Å². The summed E-state index contributed by atoms with van der Waals surface area (Å²) in [5.74, 6) is 1.47. The topological polar surface area (TPSA) is 60.1 Å². The van der Waals surface area contributed by atoms with Crippen molar-refractivity contribution in [3.05, 3.63) is 65.0 Å². The third kappa shape index (κ3) is 4.58. The molecule has 2 aromatic heterocycles. The quantitative estimate of drug-likeness (QED) is 0.249. The SMILES string of the molecule is O=C1NC(=S)S/C1=C\c1c(-c2ccccc2)nn(C2CCCCC2)c1SCc1ccco1. The summed E-state index contributed by atoms with van der Waals surface area (Å²) >= 11 is 8.24. The molecule has 1 aliphatic heterocycles. The fourth-order valence-electron chi connectivity index (χ4n) is 4.17. The summed E-state index contributed by atoms with van der Waals surface area (Å²) in [6, 6.07) is 14.5. The number of nitrogens with one attached hydrogen (secondary N) is 1. The zero-order valence-electron chi connectivity index (χ0n) is 17.5. The van der Waals surface area contributed by atoms with Crippen LogP contribution < -0.4 is 5.32 Å². The molecule has 5 rings (SSSR count). The molecule has 2 aliphatic rings. The number of thiocarbonyl (C=S) groups is 1. The van der Waals surface area contributed by atoms with Gasteiger partial charge in [0, 0.05) is 11.1 Å². The van der Waals surface area contributed by atoms with Crippen molar-refractivity contribution < 1.29 is 9.21 Å². The number of hydrogen-bond acceptors (Lipinski definition) is 6. The van der Waals surface area contributed by atoms with Gasteiger partial charge in [0.15, 0.2) is 0 Å². The van der Waals surface area contributed by atoms with Gasteiger partial charge in [-0.15, -0.1) is 0 Å². The maximum Gasteiger partial charge on any atom is 0.263 e. The number of carbonyl (C=O) groups is 1. The van der Waals surface area contributed by atoms with E-state index in [-0.39, 0.29) is 5.91 Å². The second kappa shape index (κ2) is 9.68. The lowest BCUT2D eigenvalue weighted by Crippen LogP contribution is -2.17. The molecule has 1 amide bonds. The van der Waals surface area contributed by atoms with Crippen LogP contribution in [0.25, 0.3) is 17.3 Å². The highest BCUT2D eigenvalue weighted by molar-refractivity contribution is 8.26. The highest BCUT2D eigenvalue weighted by Gasteiger charge is 2.28. The summed E-state index contributed by atoms with van der Waals surface area (Å²) in [5.41, 5.74) is 2.91. The minimum Gasteiger partial charge on any atom is -0.468 e. The zero-order chi connectivity index (χ0) is 21.9. The third-order valence-electron chi connectivity index (χ3n) is 5.72. The first kappa shape index (κ1) is 21.6. The van der Waals surface area contributed by atoms with E-state index in [1.54, 1.807) is 18.0 Å². The molecule has 0 bridgehead atoms. The predicted octanol–water partition coefficient (Wildman–Crippen LogP) is 6.43. The molecule has 3 heterocycles. The van der Waals surface area contributed by atoms with Crippen molar-refractivity contribution in [2.24, 2.45) is 0 Å². The molecule has 1 N–H and O–H groups in total. The maximum absolute atomic E-state index is 12.5. The van der Waals surface area contributed by atoms with Crippen molar-refractivity contribution in [1.82, 2.24) is 15.1 Å². The first-order chi connectivity index (χ1) is 15.7. The number of hydrogen-bond donors (Lipinski definition) is 1. The lowest BCUT2D eigenvalue weighted by molar-refractivity contribution is -0.115. The standard InChI is InChI=1S/C24H23N3O2S3/c28-22-20(32-24(30)25-22)14-19-21(16-8-3-1-4-9-16)26-27(17-10-5-2-6-11-17)23(19)31-15-18-12-7-13-29-18/h1,3-4,7-9,12-14,17H,2,5-6,10-11,15H2,(H,25,28,30)/b20-14-. The normalized spacial score (nSPS) is 18.4. The molecular weight excluding hydrogens is 458 g/mol. The van der Waals surface area contributed by atoms with Crippen LogP contribution in [0.5, 0.6) is 0 Å². The van der Waals surface area contributed by atoms with E-state index in [2.05, 4.69) is 22.1 Å². The molecule has 32 heavy (non-hydrogen) atoms. The fourth-order valence-corrected chi connectivity index (χ4v) is 6.28. The van der Waals surface area contributed by atoms with Gasteiger partial charge >= 0.3 is 0 Å². The van der Waals surface area contributed by atoms with Crippen LogP contribution in [0.4, 0.5) is 0 Å². The van der Waals surface area contributed by atoms with Crippen LogP contribution in [0.3, 0.4) is 0 Å². The second-order valence-electron chi connectivity index (χ2n) is 7.89. The van der Waals surface area contributed by atoms with E-state index in [1.807, 2.05) is 36.4 Å². The number of nitrogens with zero attached hydrogens (tertiary/aromatic N) is 2. The van der Waals surface area contributed by atoms with Gasteiger partial charge < -0.3 is 9.73 Å². The molecule has 0 spiro atoms. The summed E-state index contributed by atoms with van der Waals surface area (Å²) in [7, 11) is 0. The highest BCUT2D eigenvalue weighted by atomic mass is 32.2. The van der Waals surface area contributed by atoms with E-state index in [0.29, 0.717) is 21.0 Å². The van der Waals surface area contributed by atoms with Gasteiger partial charge in [-0.2, -0.15) is 5.10 Å². The summed E-state index contributed by atoms with van der Waals surface area (Å²) in [4.78, 5) is 13.1. The van der Waals surface area contributed by atoms with Crippen molar-refractivity contribution in [2.75, 3.05) is 0 Å². The van der Waals surface area contributed by atoms with Gasteiger partial charge in [0.05, 0.1) is 23.0 Å². The molecule has 164 valence electrons. The first-order valence-corrected chi connectivity index (χ1v) is 13.0. The van der Waals surface area contributed by atoms with Gasteiger partial charge in [-0.1, -0.05) is 85.3 Å². The minimum absolute atomic E-state index is 0.147. The van der Waals surface area contributed by atoms with Crippen molar-refractivity contribution in [3.8, 4) is 11.3 Å². The summed E-state index contributed by atoms with van der Waals surface area (Å²) in [6.07, 6.45) is 9.63. The largest absolute Gasteiger partial charge is 0.468 e. The number of benzene rings is 1. The Bertz CT molecular complexity index is 1150. The van der Waals surface area contributed by atoms with Crippen molar-refractivity contribution in [3.63, 3.8) is 0 Å². The summed E-state index contributed by atoms with van der Waals surface area (Å²) in [6.45, 7) is 0. The van der Waals surface area contributed by atoms with Crippen molar-refractivity contribution in [2.45, 2.75) is 48.9 Å². The summed E-state index contributed by atoms with van der Waals surface area (Å²) < 4.78 is 8.28. The lowest BCUT2D eigenvalue weighted by atomic mass is 9.96. The van der Waals surface area contributed by atoms with Gasteiger partial charge in [0.2, 0.25) is 0 Å². The maximum atomic E-state index is 12.5. The second-order valence-corrected chi connectivity index (χ2v) is 10.6. The Morgan fingerprint density at radius 2 is 2.00 bits per heavy atom. The predicted molar refractivity (Wildman–Crippen MR) is 134 cm³/mol. The van der Waals surface area contributed by atoms with Crippen LogP contribution in [-0.4, -0.2) is 20.0 Å². The van der Waals surface area contributed by atoms with Crippen LogP contribution in [-0.2, 0) is 10.5 Å². The minimum atomic E-state index is -0.147. The van der Waals surface area contributed by atoms with Crippen molar-refractivity contribution in [1.29, 1.82) is 0 Å². The average molecular weight is 482 g/mol. The first-order valence-electron chi connectivity index (χ1n) is 10.8. The van der Waals surface area contributed by atoms with Crippen LogP contribution in [0, 0.1) is 0 Å². The molecule has 1 saturated heterocycles. The molecule has 1 aromatic carbocycles. The van der Waals surface area contributed by atoms with E-state index >= 15 is 0 Å². The molecule has 2 fully saturated rings. The molecule has 0 radical (unpaired) electrons. The Morgan fingerprint density at radius 1 is 1.19 bits per heavy atom. The number of carbonyl (C=O) groups excluding carboxylic acids is 1. The fraction of sp³-hybridized carbons (Fsp3) is 0.292. The van der Waals surface area contributed by atoms with E-state index in [1.165, 1.54) is 31.0 Å². The molecular formula is C24H23N3O2S3. The van der Waals surface area contributed by atoms with Gasteiger partial charge in [-0.25, -0.2) is 0 Å².